The molecule has 0 unspecified atom stereocenters. The smallest absolute Gasteiger partial charge is 0.186 e. The SMILES string of the molecule is CC1(C)OC(c2cnc3[nH]ccc3c2)OC1(C)C. The molecule has 4 nitrogen and oxygen atoms in total. The zero-order chi connectivity index (χ0) is 13.0. The summed E-state index contributed by atoms with van der Waals surface area (Å²) in [5.41, 5.74) is 1.21. The first-order valence-electron chi connectivity index (χ1n) is 6.18. The van der Waals surface area contributed by atoms with Crippen LogP contribution in [-0.4, -0.2) is 21.2 Å². The average Bonchev–Trinajstić information content (AvgIpc) is 2.80. The highest BCUT2D eigenvalue weighted by molar-refractivity contribution is 5.75. The second kappa shape index (κ2) is 3.56. The summed E-state index contributed by atoms with van der Waals surface area (Å²) < 4.78 is 12.0. The van der Waals surface area contributed by atoms with E-state index < -0.39 is 0 Å². The van der Waals surface area contributed by atoms with Crippen LogP contribution in [0.1, 0.15) is 39.5 Å². The summed E-state index contributed by atoms with van der Waals surface area (Å²) in [4.78, 5) is 7.44. The summed E-state index contributed by atoms with van der Waals surface area (Å²) in [6.07, 6.45) is 3.34. The maximum Gasteiger partial charge on any atom is 0.186 e. The molecule has 0 atom stereocenters. The van der Waals surface area contributed by atoms with E-state index in [1.807, 2.05) is 12.3 Å². The van der Waals surface area contributed by atoms with E-state index in [1.165, 1.54) is 0 Å². The predicted octanol–water partition coefficient (Wildman–Crippen LogP) is 3.17. The first kappa shape index (κ1) is 11.7. The molecule has 0 amide bonds. The first-order chi connectivity index (χ1) is 8.39. The van der Waals surface area contributed by atoms with E-state index in [1.54, 1.807) is 6.20 Å². The molecule has 1 saturated heterocycles. The molecule has 0 saturated carbocycles. The van der Waals surface area contributed by atoms with Gasteiger partial charge in [-0.05, 0) is 39.8 Å². The van der Waals surface area contributed by atoms with E-state index in [4.69, 9.17) is 9.47 Å². The fourth-order valence-electron chi connectivity index (χ4n) is 2.06. The number of ether oxygens (including phenoxy) is 2. The van der Waals surface area contributed by atoms with E-state index in [0.717, 1.165) is 16.6 Å². The summed E-state index contributed by atoms with van der Waals surface area (Å²) >= 11 is 0. The molecule has 0 radical (unpaired) electrons. The number of fused-ring (bicyclic) bond motifs is 1. The lowest BCUT2D eigenvalue weighted by Gasteiger charge is -2.30. The van der Waals surface area contributed by atoms with Gasteiger partial charge in [-0.15, -0.1) is 0 Å². The Hall–Kier alpha value is -1.39. The minimum atomic E-state index is -0.346. The molecule has 1 aliphatic rings. The minimum Gasteiger partial charge on any atom is -0.346 e. The van der Waals surface area contributed by atoms with Crippen LogP contribution in [0.15, 0.2) is 24.5 Å². The van der Waals surface area contributed by atoms with Crippen molar-refractivity contribution in [2.24, 2.45) is 0 Å². The molecule has 2 aromatic heterocycles. The van der Waals surface area contributed by atoms with Gasteiger partial charge in [-0.1, -0.05) is 0 Å². The van der Waals surface area contributed by atoms with Gasteiger partial charge in [-0.25, -0.2) is 4.98 Å². The zero-order valence-electron chi connectivity index (χ0n) is 11.2. The van der Waals surface area contributed by atoms with E-state index in [-0.39, 0.29) is 17.5 Å². The molecule has 18 heavy (non-hydrogen) atoms. The van der Waals surface area contributed by atoms with Crippen LogP contribution < -0.4 is 0 Å². The van der Waals surface area contributed by atoms with Crippen molar-refractivity contribution in [3.63, 3.8) is 0 Å². The Balaban J connectivity index is 1.96. The summed E-state index contributed by atoms with van der Waals surface area (Å²) in [6.45, 7) is 8.20. The fraction of sp³-hybridized carbons (Fsp3) is 0.500. The second-order valence-electron chi connectivity index (χ2n) is 5.77. The average molecular weight is 246 g/mol. The van der Waals surface area contributed by atoms with Crippen molar-refractivity contribution < 1.29 is 9.47 Å². The zero-order valence-corrected chi connectivity index (χ0v) is 11.2. The molecular formula is C14H18N2O2. The van der Waals surface area contributed by atoms with Crippen LogP contribution in [-0.2, 0) is 9.47 Å². The molecular weight excluding hydrogens is 228 g/mol. The van der Waals surface area contributed by atoms with Crippen LogP contribution in [0, 0.1) is 0 Å². The summed E-state index contributed by atoms with van der Waals surface area (Å²) in [7, 11) is 0. The summed E-state index contributed by atoms with van der Waals surface area (Å²) in [6, 6.07) is 4.05. The van der Waals surface area contributed by atoms with Crippen LogP contribution in [0.4, 0.5) is 0 Å². The van der Waals surface area contributed by atoms with Gasteiger partial charge in [0.25, 0.3) is 0 Å². The number of nitrogens with zero attached hydrogens (tertiary/aromatic N) is 1. The van der Waals surface area contributed by atoms with Gasteiger partial charge >= 0.3 is 0 Å². The molecule has 4 heteroatoms. The molecule has 1 fully saturated rings. The van der Waals surface area contributed by atoms with Crippen LogP contribution in [0.3, 0.4) is 0 Å². The molecule has 0 aliphatic carbocycles. The van der Waals surface area contributed by atoms with Gasteiger partial charge in [0.15, 0.2) is 6.29 Å². The number of aromatic amines is 1. The number of nitrogens with one attached hydrogen (secondary N) is 1. The van der Waals surface area contributed by atoms with Gasteiger partial charge in [0, 0.05) is 23.3 Å². The third-order valence-electron chi connectivity index (χ3n) is 3.95. The fourth-order valence-corrected chi connectivity index (χ4v) is 2.06. The summed E-state index contributed by atoms with van der Waals surface area (Å²) in [5.74, 6) is 0. The Morgan fingerprint density at radius 3 is 2.50 bits per heavy atom. The lowest BCUT2D eigenvalue weighted by molar-refractivity contribution is -0.0896. The van der Waals surface area contributed by atoms with Crippen molar-refractivity contribution in [1.82, 2.24) is 9.97 Å². The number of aromatic nitrogens is 2. The first-order valence-corrected chi connectivity index (χ1v) is 6.18. The molecule has 1 aliphatic heterocycles. The third-order valence-corrected chi connectivity index (χ3v) is 3.95. The number of hydrogen-bond donors (Lipinski definition) is 1. The Bertz CT molecular complexity index is 570. The van der Waals surface area contributed by atoms with Crippen LogP contribution >= 0.6 is 0 Å². The molecule has 0 spiro atoms. The van der Waals surface area contributed by atoms with Crippen molar-refractivity contribution in [1.29, 1.82) is 0 Å². The van der Waals surface area contributed by atoms with Crippen LogP contribution in [0.2, 0.25) is 0 Å². The van der Waals surface area contributed by atoms with Crippen LogP contribution in [0.25, 0.3) is 11.0 Å². The number of hydrogen-bond acceptors (Lipinski definition) is 3. The Kier molecular flexibility index (Phi) is 2.31. The summed E-state index contributed by atoms with van der Waals surface area (Å²) in [5, 5.41) is 1.07. The number of pyridine rings is 1. The molecule has 3 heterocycles. The topological polar surface area (TPSA) is 47.1 Å². The normalized spacial score (nSPS) is 22.7. The van der Waals surface area contributed by atoms with Gasteiger partial charge in [-0.2, -0.15) is 0 Å². The highest BCUT2D eigenvalue weighted by Gasteiger charge is 2.49. The molecule has 96 valence electrons. The third kappa shape index (κ3) is 1.64. The molecule has 0 aromatic carbocycles. The second-order valence-corrected chi connectivity index (χ2v) is 5.77. The lowest BCUT2D eigenvalue weighted by atomic mass is 9.90. The molecule has 1 N–H and O–H groups in total. The molecule has 0 bridgehead atoms. The van der Waals surface area contributed by atoms with Crippen molar-refractivity contribution in [3.8, 4) is 0 Å². The quantitative estimate of drug-likeness (QED) is 0.840. The molecule has 2 aromatic rings. The minimum absolute atomic E-state index is 0.315. The highest BCUT2D eigenvalue weighted by atomic mass is 16.7. The maximum absolute atomic E-state index is 6.00. The van der Waals surface area contributed by atoms with Gasteiger partial charge in [-0.3, -0.25) is 0 Å². The monoisotopic (exact) mass is 246 g/mol. The van der Waals surface area contributed by atoms with Gasteiger partial charge in [0.05, 0.1) is 11.2 Å². The lowest BCUT2D eigenvalue weighted by Crippen LogP contribution is -2.41. The van der Waals surface area contributed by atoms with E-state index >= 15 is 0 Å². The van der Waals surface area contributed by atoms with Crippen molar-refractivity contribution >= 4 is 11.0 Å². The predicted molar refractivity (Wildman–Crippen MR) is 69.2 cm³/mol. The van der Waals surface area contributed by atoms with Crippen molar-refractivity contribution in [2.75, 3.05) is 0 Å². The van der Waals surface area contributed by atoms with Crippen LogP contribution in [0.5, 0.6) is 0 Å². The van der Waals surface area contributed by atoms with Gasteiger partial charge in [0.1, 0.15) is 5.65 Å². The maximum atomic E-state index is 6.00. The van der Waals surface area contributed by atoms with Gasteiger partial charge < -0.3 is 14.5 Å². The highest BCUT2D eigenvalue weighted by Crippen LogP contribution is 2.44. The Morgan fingerprint density at radius 1 is 1.17 bits per heavy atom. The van der Waals surface area contributed by atoms with E-state index in [0.29, 0.717) is 0 Å². The van der Waals surface area contributed by atoms with Crippen molar-refractivity contribution in [2.45, 2.75) is 45.2 Å². The van der Waals surface area contributed by atoms with E-state index in [9.17, 15) is 0 Å². The van der Waals surface area contributed by atoms with Crippen molar-refractivity contribution in [3.05, 3.63) is 30.1 Å². The van der Waals surface area contributed by atoms with E-state index in [2.05, 4.69) is 43.7 Å². The standard InChI is InChI=1S/C14H18N2O2/c1-13(2)14(3,4)18-12(17-13)10-7-9-5-6-15-11(9)16-8-10/h5-8,12H,1-4H3,(H,15,16). The Morgan fingerprint density at radius 2 is 1.83 bits per heavy atom. The number of rotatable bonds is 1. The number of H-pyrrole nitrogens is 1. The molecule has 3 rings (SSSR count). The van der Waals surface area contributed by atoms with Gasteiger partial charge in [0.2, 0.25) is 0 Å². The Labute approximate surface area is 106 Å². The largest absolute Gasteiger partial charge is 0.346 e.